The molecule has 0 bridgehead atoms. The van der Waals surface area contributed by atoms with Gasteiger partial charge in [0.1, 0.15) is 18.0 Å². The molecule has 5 heteroatoms. The average Bonchev–Trinajstić information content (AvgIpc) is 2.39. The summed E-state index contributed by atoms with van der Waals surface area (Å²) in [5.74, 6) is 0.874. The predicted molar refractivity (Wildman–Crippen MR) is 67.0 cm³/mol. The highest BCUT2D eigenvalue weighted by Crippen LogP contribution is 2.19. The normalized spacial score (nSPS) is 11.9. The van der Waals surface area contributed by atoms with Gasteiger partial charge in [-0.25, -0.2) is 14.4 Å². The Labute approximate surface area is 105 Å². The number of hydrogen-bond donors (Lipinski definition) is 1. The van der Waals surface area contributed by atoms with E-state index >= 15 is 0 Å². The molecule has 1 aromatic carbocycles. The minimum Gasteiger partial charge on any atom is -0.481 e. The topological polar surface area (TPSA) is 47.0 Å². The third-order valence-electron chi connectivity index (χ3n) is 2.56. The largest absolute Gasteiger partial charge is 0.481 e. The van der Waals surface area contributed by atoms with Gasteiger partial charge in [-0.2, -0.15) is 0 Å². The summed E-state index contributed by atoms with van der Waals surface area (Å²) < 4.78 is 18.1. The van der Waals surface area contributed by atoms with Gasteiger partial charge in [0.05, 0.1) is 13.2 Å². The van der Waals surface area contributed by atoms with Crippen molar-refractivity contribution in [2.75, 3.05) is 12.4 Å². The Morgan fingerprint density at radius 1 is 1.28 bits per heavy atom. The van der Waals surface area contributed by atoms with Gasteiger partial charge in [-0.15, -0.1) is 0 Å². The van der Waals surface area contributed by atoms with Crippen molar-refractivity contribution < 1.29 is 9.13 Å². The van der Waals surface area contributed by atoms with Crippen LogP contribution in [-0.2, 0) is 0 Å². The molecule has 2 aromatic rings. The van der Waals surface area contributed by atoms with Crippen molar-refractivity contribution in [1.29, 1.82) is 0 Å². The number of nitrogens with one attached hydrogen (secondary N) is 1. The number of methoxy groups -OCH3 is 1. The maximum absolute atomic E-state index is 13.1. The van der Waals surface area contributed by atoms with Crippen molar-refractivity contribution in [3.63, 3.8) is 0 Å². The summed E-state index contributed by atoms with van der Waals surface area (Å²) in [7, 11) is 1.54. The Morgan fingerprint density at radius 2 is 2.11 bits per heavy atom. The molecule has 0 spiro atoms. The summed E-state index contributed by atoms with van der Waals surface area (Å²) in [4.78, 5) is 8.00. The van der Waals surface area contributed by atoms with Crippen LogP contribution in [0, 0.1) is 5.82 Å². The Hall–Kier alpha value is -2.17. The van der Waals surface area contributed by atoms with Crippen molar-refractivity contribution in [3.05, 3.63) is 48.0 Å². The Bertz CT molecular complexity index is 533. The van der Waals surface area contributed by atoms with Gasteiger partial charge >= 0.3 is 0 Å². The van der Waals surface area contributed by atoms with E-state index in [0.29, 0.717) is 11.7 Å². The molecule has 1 unspecified atom stereocenters. The molecule has 0 amide bonds. The monoisotopic (exact) mass is 247 g/mol. The average molecular weight is 247 g/mol. The summed E-state index contributed by atoms with van der Waals surface area (Å²) in [6.07, 6.45) is 1.42. The zero-order valence-corrected chi connectivity index (χ0v) is 10.2. The molecule has 94 valence electrons. The number of nitrogens with zero attached hydrogens (tertiary/aromatic N) is 2. The van der Waals surface area contributed by atoms with Crippen LogP contribution >= 0.6 is 0 Å². The summed E-state index contributed by atoms with van der Waals surface area (Å²) >= 11 is 0. The second-order valence-electron chi connectivity index (χ2n) is 3.87. The first-order valence-corrected chi connectivity index (χ1v) is 5.57. The van der Waals surface area contributed by atoms with E-state index in [1.54, 1.807) is 19.2 Å². The quantitative estimate of drug-likeness (QED) is 0.902. The lowest BCUT2D eigenvalue weighted by atomic mass is 10.1. The Morgan fingerprint density at radius 3 is 2.83 bits per heavy atom. The number of hydrogen-bond acceptors (Lipinski definition) is 4. The van der Waals surface area contributed by atoms with Crippen LogP contribution in [0.25, 0.3) is 0 Å². The number of benzene rings is 1. The molecule has 0 aliphatic rings. The number of anilines is 1. The molecule has 18 heavy (non-hydrogen) atoms. The van der Waals surface area contributed by atoms with E-state index < -0.39 is 0 Å². The molecule has 0 aliphatic carbocycles. The first kappa shape index (κ1) is 12.3. The van der Waals surface area contributed by atoms with Gasteiger partial charge in [-0.3, -0.25) is 0 Å². The fraction of sp³-hybridized carbons (Fsp3) is 0.231. The lowest BCUT2D eigenvalue weighted by molar-refractivity contribution is 0.397. The SMILES string of the molecule is COc1cc(NC(C)c2cccc(F)c2)ncn1. The van der Waals surface area contributed by atoms with Crippen LogP contribution in [0.5, 0.6) is 5.88 Å². The Kier molecular flexibility index (Phi) is 3.72. The van der Waals surface area contributed by atoms with Crippen molar-refractivity contribution in [2.24, 2.45) is 0 Å². The van der Waals surface area contributed by atoms with Gasteiger partial charge in [-0.05, 0) is 24.6 Å². The van der Waals surface area contributed by atoms with E-state index in [0.717, 1.165) is 5.56 Å². The van der Waals surface area contributed by atoms with E-state index in [1.165, 1.54) is 18.5 Å². The fourth-order valence-electron chi connectivity index (χ4n) is 1.61. The highest BCUT2D eigenvalue weighted by atomic mass is 19.1. The van der Waals surface area contributed by atoms with Gasteiger partial charge < -0.3 is 10.1 Å². The fourth-order valence-corrected chi connectivity index (χ4v) is 1.61. The molecular weight excluding hydrogens is 233 g/mol. The molecule has 0 saturated heterocycles. The maximum Gasteiger partial charge on any atom is 0.218 e. The highest BCUT2D eigenvalue weighted by molar-refractivity contribution is 5.40. The van der Waals surface area contributed by atoms with Crippen LogP contribution < -0.4 is 10.1 Å². The molecule has 4 nitrogen and oxygen atoms in total. The molecule has 0 fully saturated rings. The van der Waals surface area contributed by atoms with E-state index in [-0.39, 0.29) is 11.9 Å². The van der Waals surface area contributed by atoms with E-state index in [1.807, 2.05) is 13.0 Å². The number of aromatic nitrogens is 2. The molecule has 1 N–H and O–H groups in total. The zero-order chi connectivity index (χ0) is 13.0. The second-order valence-corrected chi connectivity index (χ2v) is 3.87. The first-order valence-electron chi connectivity index (χ1n) is 5.57. The van der Waals surface area contributed by atoms with Gasteiger partial charge in [0.15, 0.2) is 0 Å². The van der Waals surface area contributed by atoms with Crippen molar-refractivity contribution in [1.82, 2.24) is 9.97 Å². The van der Waals surface area contributed by atoms with Crippen molar-refractivity contribution >= 4 is 5.82 Å². The molecular formula is C13H14FN3O. The highest BCUT2D eigenvalue weighted by Gasteiger charge is 2.07. The molecule has 0 aliphatic heterocycles. The molecule has 0 radical (unpaired) electrons. The molecule has 0 saturated carbocycles. The molecule has 1 heterocycles. The van der Waals surface area contributed by atoms with Crippen LogP contribution in [0.15, 0.2) is 36.7 Å². The summed E-state index contributed by atoms with van der Waals surface area (Å²) in [5, 5.41) is 3.16. The summed E-state index contributed by atoms with van der Waals surface area (Å²) in [6.45, 7) is 1.93. The first-order chi connectivity index (χ1) is 8.69. The number of halogens is 1. The van der Waals surface area contributed by atoms with Crippen molar-refractivity contribution in [2.45, 2.75) is 13.0 Å². The number of ether oxygens (including phenoxy) is 1. The van der Waals surface area contributed by atoms with Crippen LogP contribution in [0.1, 0.15) is 18.5 Å². The lowest BCUT2D eigenvalue weighted by Crippen LogP contribution is -2.08. The van der Waals surface area contributed by atoms with Crippen LogP contribution in [0.2, 0.25) is 0 Å². The van der Waals surface area contributed by atoms with E-state index in [9.17, 15) is 4.39 Å². The molecule has 1 atom stereocenters. The van der Waals surface area contributed by atoms with Crippen LogP contribution in [0.4, 0.5) is 10.2 Å². The van der Waals surface area contributed by atoms with Gasteiger partial charge in [-0.1, -0.05) is 12.1 Å². The Balaban J connectivity index is 2.13. The maximum atomic E-state index is 13.1. The van der Waals surface area contributed by atoms with E-state index in [4.69, 9.17) is 4.74 Å². The van der Waals surface area contributed by atoms with Crippen molar-refractivity contribution in [3.8, 4) is 5.88 Å². The predicted octanol–water partition coefficient (Wildman–Crippen LogP) is 2.80. The third kappa shape index (κ3) is 2.94. The third-order valence-corrected chi connectivity index (χ3v) is 2.56. The standard InChI is InChI=1S/C13H14FN3O/c1-9(10-4-3-5-11(14)6-10)17-12-7-13(18-2)16-8-15-12/h3-9H,1-2H3,(H,15,16,17). The second kappa shape index (κ2) is 5.44. The summed E-state index contributed by atoms with van der Waals surface area (Å²) in [5.41, 5.74) is 0.854. The number of rotatable bonds is 4. The minimum atomic E-state index is -0.249. The lowest BCUT2D eigenvalue weighted by Gasteiger charge is -2.15. The van der Waals surface area contributed by atoms with Crippen LogP contribution in [-0.4, -0.2) is 17.1 Å². The summed E-state index contributed by atoms with van der Waals surface area (Å²) in [6, 6.07) is 8.10. The van der Waals surface area contributed by atoms with E-state index in [2.05, 4.69) is 15.3 Å². The molecule has 2 rings (SSSR count). The smallest absolute Gasteiger partial charge is 0.218 e. The van der Waals surface area contributed by atoms with Gasteiger partial charge in [0, 0.05) is 6.07 Å². The van der Waals surface area contributed by atoms with Crippen LogP contribution in [0.3, 0.4) is 0 Å². The van der Waals surface area contributed by atoms with Gasteiger partial charge in [0.25, 0.3) is 0 Å². The minimum absolute atomic E-state index is 0.0553. The zero-order valence-electron chi connectivity index (χ0n) is 10.2. The molecule has 1 aromatic heterocycles. The van der Waals surface area contributed by atoms with Gasteiger partial charge in [0.2, 0.25) is 5.88 Å².